The van der Waals surface area contributed by atoms with E-state index in [2.05, 4.69) is 0 Å². The maximum atomic E-state index is 12.1. The highest BCUT2D eigenvalue weighted by Crippen LogP contribution is 2.36. The number of esters is 1. The molecule has 1 aromatic rings. The van der Waals surface area contributed by atoms with Crippen molar-refractivity contribution in [2.75, 3.05) is 13.7 Å². The van der Waals surface area contributed by atoms with Crippen molar-refractivity contribution < 1.29 is 19.4 Å². The molecule has 1 N–H and O–H groups in total. The molecular weight excluding hydrogens is 256 g/mol. The van der Waals surface area contributed by atoms with Crippen molar-refractivity contribution in [3.63, 3.8) is 0 Å². The number of methoxy groups -OCH3 is 1. The van der Waals surface area contributed by atoms with Gasteiger partial charge < -0.3 is 14.6 Å². The first kappa shape index (κ1) is 16.5. The zero-order valence-corrected chi connectivity index (χ0v) is 12.7. The smallest absolute Gasteiger partial charge is 0.312 e. The van der Waals surface area contributed by atoms with Gasteiger partial charge in [-0.2, -0.15) is 0 Å². The maximum absolute atomic E-state index is 12.1. The molecule has 112 valence electrons. The second kappa shape index (κ2) is 7.29. The van der Waals surface area contributed by atoms with Crippen LogP contribution >= 0.6 is 0 Å². The van der Waals surface area contributed by atoms with Crippen molar-refractivity contribution in [1.82, 2.24) is 0 Å². The van der Waals surface area contributed by atoms with Crippen LogP contribution in [0.1, 0.15) is 39.2 Å². The molecule has 0 aromatic heterocycles. The highest BCUT2D eigenvalue weighted by Gasteiger charge is 2.41. The molecule has 0 aliphatic carbocycles. The summed E-state index contributed by atoms with van der Waals surface area (Å²) < 4.78 is 10.2. The van der Waals surface area contributed by atoms with Crippen molar-refractivity contribution >= 4 is 5.97 Å². The summed E-state index contributed by atoms with van der Waals surface area (Å²) in [7, 11) is 1.59. The minimum atomic E-state index is -1.22. The summed E-state index contributed by atoms with van der Waals surface area (Å²) in [6, 6.07) is 7.16. The fraction of sp³-hybridized carbons (Fsp3) is 0.562. The molecular formula is C16H24O4. The molecule has 0 spiro atoms. The van der Waals surface area contributed by atoms with Gasteiger partial charge in [0.25, 0.3) is 0 Å². The quantitative estimate of drug-likeness (QED) is 0.780. The Morgan fingerprint density at radius 2 is 1.85 bits per heavy atom. The van der Waals surface area contributed by atoms with Crippen LogP contribution < -0.4 is 4.74 Å². The highest BCUT2D eigenvalue weighted by molar-refractivity contribution is 5.74. The molecule has 1 rings (SSSR count). The van der Waals surface area contributed by atoms with Gasteiger partial charge in [-0.25, -0.2) is 0 Å². The minimum Gasteiger partial charge on any atom is -0.497 e. The SMILES string of the molecule is CCOC(=O)C(CC)C(O)(CC)c1ccc(OC)cc1. The lowest BCUT2D eigenvalue weighted by atomic mass is 9.78. The van der Waals surface area contributed by atoms with Crippen LogP contribution in [0.2, 0.25) is 0 Å². The Hall–Kier alpha value is -1.55. The van der Waals surface area contributed by atoms with Crippen LogP contribution in [0, 0.1) is 5.92 Å². The third-order valence-corrected chi connectivity index (χ3v) is 3.68. The van der Waals surface area contributed by atoms with Crippen LogP contribution in [0.3, 0.4) is 0 Å². The van der Waals surface area contributed by atoms with Gasteiger partial charge in [0, 0.05) is 0 Å². The molecule has 0 bridgehead atoms. The molecule has 0 radical (unpaired) electrons. The summed E-state index contributed by atoms with van der Waals surface area (Å²) in [6.07, 6.45) is 0.964. The Labute approximate surface area is 120 Å². The van der Waals surface area contributed by atoms with E-state index in [-0.39, 0.29) is 5.97 Å². The summed E-state index contributed by atoms with van der Waals surface area (Å²) in [6.45, 7) is 5.83. The number of rotatable bonds is 7. The first-order valence-corrected chi connectivity index (χ1v) is 7.06. The summed E-state index contributed by atoms with van der Waals surface area (Å²) in [5, 5.41) is 11.0. The number of benzene rings is 1. The lowest BCUT2D eigenvalue weighted by molar-refractivity contribution is -0.160. The zero-order chi connectivity index (χ0) is 15.2. The molecule has 4 heteroatoms. The van der Waals surface area contributed by atoms with E-state index in [0.29, 0.717) is 25.0 Å². The molecule has 4 nitrogen and oxygen atoms in total. The van der Waals surface area contributed by atoms with E-state index in [1.807, 2.05) is 13.8 Å². The average Bonchev–Trinajstić information content (AvgIpc) is 2.48. The van der Waals surface area contributed by atoms with E-state index in [1.165, 1.54) is 0 Å². The molecule has 0 saturated carbocycles. The van der Waals surface area contributed by atoms with E-state index in [1.54, 1.807) is 38.3 Å². The van der Waals surface area contributed by atoms with Crippen LogP contribution in [0.5, 0.6) is 5.75 Å². The van der Waals surface area contributed by atoms with Gasteiger partial charge in [0.2, 0.25) is 0 Å². The monoisotopic (exact) mass is 280 g/mol. The third kappa shape index (κ3) is 3.31. The molecule has 20 heavy (non-hydrogen) atoms. The molecule has 0 saturated heterocycles. The fourth-order valence-electron chi connectivity index (χ4n) is 2.47. The van der Waals surface area contributed by atoms with Crippen molar-refractivity contribution in [1.29, 1.82) is 0 Å². The molecule has 2 unspecified atom stereocenters. The predicted octanol–water partition coefficient (Wildman–Crippen LogP) is 2.88. The summed E-state index contributed by atoms with van der Waals surface area (Å²) >= 11 is 0. The van der Waals surface area contributed by atoms with Gasteiger partial charge in [0.1, 0.15) is 11.4 Å². The second-order valence-electron chi connectivity index (χ2n) is 4.72. The number of ether oxygens (including phenoxy) is 2. The van der Waals surface area contributed by atoms with Crippen LogP contribution in [0.4, 0.5) is 0 Å². The van der Waals surface area contributed by atoms with E-state index >= 15 is 0 Å². The molecule has 1 aromatic carbocycles. The highest BCUT2D eigenvalue weighted by atomic mass is 16.5. The van der Waals surface area contributed by atoms with Gasteiger partial charge in [-0.1, -0.05) is 26.0 Å². The molecule has 0 fully saturated rings. The van der Waals surface area contributed by atoms with Crippen molar-refractivity contribution in [3.05, 3.63) is 29.8 Å². The standard InChI is InChI=1S/C16H24O4/c1-5-14(15(17)20-7-3)16(18,6-2)12-8-10-13(19-4)11-9-12/h8-11,14,18H,5-7H2,1-4H3. The fourth-order valence-corrected chi connectivity index (χ4v) is 2.47. The zero-order valence-electron chi connectivity index (χ0n) is 12.7. The summed E-state index contributed by atoms with van der Waals surface area (Å²) in [5.74, 6) is -0.201. The van der Waals surface area contributed by atoms with Gasteiger partial charge in [0.05, 0.1) is 19.6 Å². The number of hydrogen-bond acceptors (Lipinski definition) is 4. The lowest BCUT2D eigenvalue weighted by Crippen LogP contribution is -2.40. The first-order valence-electron chi connectivity index (χ1n) is 7.06. The first-order chi connectivity index (χ1) is 9.53. The Balaban J connectivity index is 3.12. The second-order valence-corrected chi connectivity index (χ2v) is 4.72. The van der Waals surface area contributed by atoms with E-state index in [9.17, 15) is 9.90 Å². The van der Waals surface area contributed by atoms with Gasteiger partial charge in [-0.15, -0.1) is 0 Å². The number of carbonyl (C=O) groups excluding carboxylic acids is 1. The van der Waals surface area contributed by atoms with Gasteiger partial charge >= 0.3 is 5.97 Å². The molecule has 0 heterocycles. The van der Waals surface area contributed by atoms with E-state index in [0.717, 1.165) is 5.75 Å². The molecule has 2 atom stereocenters. The predicted molar refractivity (Wildman–Crippen MR) is 77.6 cm³/mol. The molecule has 0 aliphatic rings. The van der Waals surface area contributed by atoms with Crippen molar-refractivity contribution in [2.24, 2.45) is 5.92 Å². The molecule has 0 aliphatic heterocycles. The molecule has 0 amide bonds. The third-order valence-electron chi connectivity index (χ3n) is 3.68. The van der Waals surface area contributed by atoms with Gasteiger partial charge in [0.15, 0.2) is 0 Å². The average molecular weight is 280 g/mol. The van der Waals surface area contributed by atoms with Crippen LogP contribution in [0.15, 0.2) is 24.3 Å². The van der Waals surface area contributed by atoms with Crippen LogP contribution in [0.25, 0.3) is 0 Å². The Morgan fingerprint density at radius 1 is 1.25 bits per heavy atom. The topological polar surface area (TPSA) is 55.8 Å². The Morgan fingerprint density at radius 3 is 2.25 bits per heavy atom. The van der Waals surface area contributed by atoms with Crippen LogP contribution in [-0.4, -0.2) is 24.8 Å². The maximum Gasteiger partial charge on any atom is 0.312 e. The van der Waals surface area contributed by atoms with Crippen molar-refractivity contribution in [2.45, 2.75) is 39.2 Å². The largest absolute Gasteiger partial charge is 0.497 e. The van der Waals surface area contributed by atoms with Gasteiger partial charge in [-0.05, 0) is 37.5 Å². The van der Waals surface area contributed by atoms with Crippen molar-refractivity contribution in [3.8, 4) is 5.75 Å². The minimum absolute atomic E-state index is 0.317. The Bertz CT molecular complexity index is 427. The number of aliphatic hydroxyl groups is 1. The number of hydrogen-bond donors (Lipinski definition) is 1. The summed E-state index contributed by atoms with van der Waals surface area (Å²) in [4.78, 5) is 12.1. The van der Waals surface area contributed by atoms with E-state index < -0.39 is 11.5 Å². The lowest BCUT2D eigenvalue weighted by Gasteiger charge is -2.34. The van der Waals surface area contributed by atoms with E-state index in [4.69, 9.17) is 9.47 Å². The number of carbonyl (C=O) groups is 1. The summed E-state index contributed by atoms with van der Waals surface area (Å²) in [5.41, 5.74) is -0.506. The van der Waals surface area contributed by atoms with Gasteiger partial charge in [-0.3, -0.25) is 4.79 Å². The Kier molecular flexibility index (Phi) is 6.02. The normalized spacial score (nSPS) is 15.2. The van der Waals surface area contributed by atoms with Crippen LogP contribution in [-0.2, 0) is 15.1 Å².